The molecule has 0 saturated carbocycles. The van der Waals surface area contributed by atoms with E-state index in [1.54, 1.807) is 18.2 Å². The third kappa shape index (κ3) is 2.39. The van der Waals surface area contributed by atoms with E-state index in [-0.39, 0.29) is 22.4 Å². The number of halogens is 1. The van der Waals surface area contributed by atoms with Crippen LogP contribution in [0.5, 0.6) is 23.0 Å². The quantitative estimate of drug-likeness (QED) is 0.910. The molecule has 88 valence electrons. The largest absolute Gasteiger partial charge is 0.504 e. The van der Waals surface area contributed by atoms with Gasteiger partial charge in [0.25, 0.3) is 0 Å². The third-order valence-electron chi connectivity index (χ3n) is 2.03. The average Bonchev–Trinajstić information content (AvgIpc) is 2.34. The predicted molar refractivity (Wildman–Crippen MR) is 61.8 cm³/mol. The molecule has 0 atom stereocenters. The molecule has 1 aromatic carbocycles. The van der Waals surface area contributed by atoms with Crippen LogP contribution in [-0.2, 0) is 0 Å². The topological polar surface area (TPSA) is 64.5 Å². The molecule has 0 aliphatic rings. The van der Waals surface area contributed by atoms with Crippen molar-refractivity contribution in [3.05, 3.63) is 35.6 Å². The molecule has 0 radical (unpaired) electrons. The molecule has 2 rings (SSSR count). The molecule has 1 heterocycles. The Hall–Kier alpha value is -2.01. The molecule has 1 N–H and O–H groups in total. The first-order valence-electron chi connectivity index (χ1n) is 4.73. The third-order valence-corrected chi connectivity index (χ3v) is 2.28. The number of para-hydroxylation sites is 2. The monoisotopic (exact) mass is 252 g/mol. The molecule has 0 spiro atoms. The van der Waals surface area contributed by atoms with Crippen LogP contribution in [0, 0.1) is 0 Å². The average molecular weight is 253 g/mol. The van der Waals surface area contributed by atoms with Gasteiger partial charge in [0, 0.05) is 0 Å². The molecule has 0 unspecified atom stereocenters. The lowest BCUT2D eigenvalue weighted by atomic mass is 10.3. The molecule has 17 heavy (non-hydrogen) atoms. The first-order valence-corrected chi connectivity index (χ1v) is 5.11. The molecule has 0 aliphatic heterocycles. The van der Waals surface area contributed by atoms with Crippen molar-refractivity contribution in [1.29, 1.82) is 0 Å². The number of methoxy groups -OCH3 is 1. The number of aromatic nitrogens is 2. The Balaban J connectivity index is 2.39. The molecular formula is C11H9ClN2O3. The Kier molecular flexibility index (Phi) is 3.30. The van der Waals surface area contributed by atoms with E-state index in [4.69, 9.17) is 21.1 Å². The van der Waals surface area contributed by atoms with Gasteiger partial charge in [-0.3, -0.25) is 0 Å². The fraction of sp³-hybridized carbons (Fsp3) is 0.0909. The predicted octanol–water partition coefficient (Wildman–Crippen LogP) is 2.64. The van der Waals surface area contributed by atoms with Gasteiger partial charge in [0.2, 0.25) is 5.75 Å². The molecule has 5 nitrogen and oxygen atoms in total. The number of phenolic OH excluding ortho intramolecular Hbond substituents is 1. The Bertz CT molecular complexity index is 534. The zero-order chi connectivity index (χ0) is 12.3. The van der Waals surface area contributed by atoms with Crippen LogP contribution in [0.4, 0.5) is 0 Å². The number of phenols is 1. The number of benzene rings is 1. The highest BCUT2D eigenvalue weighted by atomic mass is 35.5. The van der Waals surface area contributed by atoms with Gasteiger partial charge < -0.3 is 14.6 Å². The summed E-state index contributed by atoms with van der Waals surface area (Å²) < 4.78 is 10.5. The van der Waals surface area contributed by atoms with Gasteiger partial charge in [0.05, 0.1) is 13.3 Å². The van der Waals surface area contributed by atoms with Crippen molar-refractivity contribution in [2.45, 2.75) is 0 Å². The lowest BCUT2D eigenvalue weighted by Gasteiger charge is -2.10. The summed E-state index contributed by atoms with van der Waals surface area (Å²) in [5.74, 6) is 0.821. The fourth-order valence-electron chi connectivity index (χ4n) is 1.23. The van der Waals surface area contributed by atoms with Crippen LogP contribution in [0.15, 0.2) is 30.5 Å². The van der Waals surface area contributed by atoms with Crippen molar-refractivity contribution in [3.8, 4) is 23.0 Å². The fourth-order valence-corrected chi connectivity index (χ4v) is 1.40. The normalized spacial score (nSPS) is 10.0. The van der Waals surface area contributed by atoms with Crippen LogP contribution in [0.3, 0.4) is 0 Å². The minimum Gasteiger partial charge on any atom is -0.504 e. The lowest BCUT2D eigenvalue weighted by molar-refractivity contribution is 0.363. The van der Waals surface area contributed by atoms with E-state index in [1.807, 2.05) is 0 Å². The zero-order valence-corrected chi connectivity index (χ0v) is 9.68. The van der Waals surface area contributed by atoms with Gasteiger partial charge in [-0.25, -0.2) is 0 Å². The smallest absolute Gasteiger partial charge is 0.210 e. The maximum atomic E-state index is 9.58. The van der Waals surface area contributed by atoms with Gasteiger partial charge in [0.15, 0.2) is 22.4 Å². The number of ether oxygens (including phenoxy) is 2. The minimum atomic E-state index is 0.00225. The molecule has 0 saturated heterocycles. The number of hydrogen-bond acceptors (Lipinski definition) is 5. The van der Waals surface area contributed by atoms with Crippen LogP contribution in [-0.4, -0.2) is 22.4 Å². The highest BCUT2D eigenvalue weighted by Gasteiger charge is 2.14. The van der Waals surface area contributed by atoms with Gasteiger partial charge in [-0.2, -0.15) is 5.10 Å². The van der Waals surface area contributed by atoms with E-state index < -0.39 is 0 Å². The van der Waals surface area contributed by atoms with E-state index in [0.717, 1.165) is 0 Å². The number of nitrogens with zero attached hydrogens (tertiary/aromatic N) is 2. The van der Waals surface area contributed by atoms with Crippen LogP contribution in [0.25, 0.3) is 0 Å². The summed E-state index contributed by atoms with van der Waals surface area (Å²) in [6, 6.07) is 6.52. The van der Waals surface area contributed by atoms with Crippen LogP contribution < -0.4 is 9.47 Å². The molecule has 2 aromatic rings. The molecule has 1 aromatic heterocycles. The summed E-state index contributed by atoms with van der Waals surface area (Å²) in [4.78, 5) is 0. The van der Waals surface area contributed by atoms with Crippen LogP contribution >= 0.6 is 11.6 Å². The number of rotatable bonds is 3. The molecule has 0 amide bonds. The van der Waals surface area contributed by atoms with E-state index >= 15 is 0 Å². The lowest BCUT2D eigenvalue weighted by Crippen LogP contribution is -1.95. The highest BCUT2D eigenvalue weighted by Crippen LogP contribution is 2.38. The molecule has 0 aliphatic carbocycles. The summed E-state index contributed by atoms with van der Waals surface area (Å²) in [6.45, 7) is 0. The van der Waals surface area contributed by atoms with Gasteiger partial charge in [-0.1, -0.05) is 23.7 Å². The minimum absolute atomic E-state index is 0.00225. The van der Waals surface area contributed by atoms with E-state index in [9.17, 15) is 5.11 Å². The van der Waals surface area contributed by atoms with Gasteiger partial charge in [-0.05, 0) is 12.1 Å². The van der Waals surface area contributed by atoms with E-state index in [1.165, 1.54) is 19.4 Å². The van der Waals surface area contributed by atoms with Gasteiger partial charge in [0.1, 0.15) is 0 Å². The van der Waals surface area contributed by atoms with Crippen LogP contribution in [0.2, 0.25) is 5.15 Å². The van der Waals surface area contributed by atoms with Crippen LogP contribution in [0.1, 0.15) is 0 Å². The van der Waals surface area contributed by atoms with Gasteiger partial charge in [-0.15, -0.1) is 5.10 Å². The first-order chi connectivity index (χ1) is 8.22. The number of aromatic hydroxyl groups is 1. The molecule has 0 fully saturated rings. The molecule has 0 bridgehead atoms. The Labute approximate surface area is 103 Å². The second-order valence-corrected chi connectivity index (χ2v) is 3.46. The maximum absolute atomic E-state index is 9.58. The molecule has 6 heteroatoms. The maximum Gasteiger partial charge on any atom is 0.210 e. The van der Waals surface area contributed by atoms with Crippen molar-refractivity contribution in [3.63, 3.8) is 0 Å². The van der Waals surface area contributed by atoms with Crippen molar-refractivity contribution < 1.29 is 14.6 Å². The summed E-state index contributed by atoms with van der Waals surface area (Å²) in [5.41, 5.74) is 0. The van der Waals surface area contributed by atoms with Crippen molar-refractivity contribution in [1.82, 2.24) is 10.2 Å². The summed E-state index contributed by atoms with van der Waals surface area (Å²) in [5, 5.41) is 16.9. The SMILES string of the molecule is COc1cnnc(Cl)c1Oc1ccccc1O. The van der Waals surface area contributed by atoms with Crippen molar-refractivity contribution >= 4 is 11.6 Å². The summed E-state index contributed by atoms with van der Waals surface area (Å²) >= 11 is 5.85. The highest BCUT2D eigenvalue weighted by molar-refractivity contribution is 6.31. The Morgan fingerprint density at radius 3 is 2.71 bits per heavy atom. The van der Waals surface area contributed by atoms with E-state index in [0.29, 0.717) is 5.75 Å². The van der Waals surface area contributed by atoms with Crippen molar-refractivity contribution in [2.75, 3.05) is 7.11 Å². The summed E-state index contributed by atoms with van der Waals surface area (Å²) in [7, 11) is 1.46. The Morgan fingerprint density at radius 2 is 2.00 bits per heavy atom. The molecular weight excluding hydrogens is 244 g/mol. The van der Waals surface area contributed by atoms with Gasteiger partial charge >= 0.3 is 0 Å². The number of hydrogen-bond donors (Lipinski definition) is 1. The zero-order valence-electron chi connectivity index (χ0n) is 8.92. The van der Waals surface area contributed by atoms with Crippen molar-refractivity contribution in [2.24, 2.45) is 0 Å². The first kappa shape index (κ1) is 11.5. The Morgan fingerprint density at radius 1 is 1.24 bits per heavy atom. The summed E-state index contributed by atoms with van der Waals surface area (Å²) in [6.07, 6.45) is 1.38. The second-order valence-electron chi connectivity index (χ2n) is 3.10. The van der Waals surface area contributed by atoms with E-state index in [2.05, 4.69) is 10.2 Å². The second kappa shape index (κ2) is 4.88. The standard InChI is InChI=1S/C11H9ClN2O3/c1-16-9-6-13-14-11(12)10(9)17-8-5-3-2-4-7(8)15/h2-6,15H,1H3.